The van der Waals surface area contributed by atoms with Gasteiger partial charge in [-0.1, -0.05) is 222 Å². The molecule has 0 saturated heterocycles. The van der Waals surface area contributed by atoms with Crippen LogP contribution in [0.5, 0.6) is 0 Å². The second kappa shape index (κ2) is 36.6. The minimum absolute atomic E-state index is 0.0556. The van der Waals surface area contributed by atoms with Crippen LogP contribution in [0, 0.1) is 46.3 Å². The molecule has 0 aromatic heterocycles. The Balaban J connectivity index is -0.000000134. The summed E-state index contributed by atoms with van der Waals surface area (Å²) in [6.07, 6.45) is 0.818. The van der Waals surface area contributed by atoms with E-state index in [4.69, 9.17) is 9.60 Å². The summed E-state index contributed by atoms with van der Waals surface area (Å²) in [4.78, 5) is 0. The molecule has 2 aliphatic rings. The van der Waals surface area contributed by atoms with E-state index in [9.17, 15) is 26.3 Å². The SMILES string of the molecule is CC(C)(C)C.CCC(C)CC(F)(F)F.CCC(C)CC(F)(F)F.[2H]C(C)(C)C.[2H]C([2H])(C)C(C)(C)C.[2H]C([2H])(C)C(C)C.[2H]C1(C)CCCC1.[2H]C1(C)CCCCC1. The van der Waals surface area contributed by atoms with Gasteiger partial charge in [-0.25, -0.2) is 0 Å². The summed E-state index contributed by atoms with van der Waals surface area (Å²) in [7, 11) is 0. The van der Waals surface area contributed by atoms with Crippen molar-refractivity contribution in [2.75, 3.05) is 0 Å². The first-order valence-electron chi connectivity index (χ1n) is 23.2. The predicted octanol–water partition coefficient (Wildman–Crippen LogP) is 19.0. The molecule has 0 aliphatic heterocycles. The highest BCUT2D eigenvalue weighted by Gasteiger charge is 2.29. The van der Waals surface area contributed by atoms with E-state index in [1.807, 2.05) is 69.2 Å². The Labute approximate surface area is 329 Å². The predicted molar refractivity (Wildman–Crippen MR) is 221 cm³/mol. The summed E-state index contributed by atoms with van der Waals surface area (Å²) in [5.74, 6) is -0.708. The number of rotatable bonds is 5. The topological polar surface area (TPSA) is 0 Å². The van der Waals surface area contributed by atoms with Crippen LogP contribution in [0.4, 0.5) is 26.3 Å². The van der Waals surface area contributed by atoms with E-state index < -0.39 is 37.9 Å². The first-order valence-corrected chi connectivity index (χ1v) is 19.7. The molecule has 51 heavy (non-hydrogen) atoms. The Morgan fingerprint density at radius 1 is 0.569 bits per heavy atom. The normalized spacial score (nSPS) is 20.3. The van der Waals surface area contributed by atoms with E-state index in [1.54, 1.807) is 41.5 Å². The van der Waals surface area contributed by atoms with Crippen molar-refractivity contribution in [3.8, 4) is 0 Å². The van der Waals surface area contributed by atoms with Crippen molar-refractivity contribution in [1.29, 1.82) is 0 Å². The van der Waals surface area contributed by atoms with Gasteiger partial charge >= 0.3 is 12.4 Å². The van der Waals surface area contributed by atoms with Crippen molar-refractivity contribution in [3.05, 3.63) is 0 Å². The van der Waals surface area contributed by atoms with Crippen molar-refractivity contribution in [2.24, 2.45) is 46.3 Å². The summed E-state index contributed by atoms with van der Waals surface area (Å²) < 4.78 is 120. The molecule has 0 radical (unpaired) electrons. The van der Waals surface area contributed by atoms with Crippen LogP contribution < -0.4 is 0 Å². The molecule has 2 fully saturated rings. The van der Waals surface area contributed by atoms with Crippen LogP contribution in [0.15, 0.2) is 0 Å². The Morgan fingerprint density at radius 3 is 0.843 bits per heavy atom. The summed E-state index contributed by atoms with van der Waals surface area (Å²) in [5, 5.41) is 0. The highest BCUT2D eigenvalue weighted by Crippen LogP contribution is 2.27. The monoisotopic (exact) mass is 758 g/mol. The van der Waals surface area contributed by atoms with Crippen molar-refractivity contribution in [3.63, 3.8) is 0 Å². The number of hydrogen-bond donors (Lipinski definition) is 0. The van der Waals surface area contributed by atoms with E-state index in [0.717, 1.165) is 25.7 Å². The lowest BCUT2D eigenvalue weighted by molar-refractivity contribution is -0.144. The lowest BCUT2D eigenvalue weighted by Gasteiger charge is -2.15. The molecule has 0 bridgehead atoms. The first-order chi connectivity index (χ1) is 25.0. The van der Waals surface area contributed by atoms with E-state index in [2.05, 4.69) is 27.7 Å². The van der Waals surface area contributed by atoms with Gasteiger partial charge in [-0.05, 0) is 46.3 Å². The van der Waals surface area contributed by atoms with Gasteiger partial charge in [0.2, 0.25) is 0 Å². The van der Waals surface area contributed by atoms with Crippen molar-refractivity contribution >= 4 is 0 Å². The molecule has 0 aromatic rings. The quantitative estimate of drug-likeness (QED) is 0.245. The second-order valence-electron chi connectivity index (χ2n) is 17.8. The highest BCUT2D eigenvalue weighted by molar-refractivity contribution is 4.61. The van der Waals surface area contributed by atoms with E-state index in [-0.39, 0.29) is 40.9 Å². The molecule has 2 atom stereocenters. The summed E-state index contributed by atoms with van der Waals surface area (Å²) >= 11 is 0. The van der Waals surface area contributed by atoms with E-state index in [1.165, 1.54) is 32.1 Å². The lowest BCUT2D eigenvalue weighted by Crippen LogP contribution is -2.12. The average Bonchev–Trinajstić information content (AvgIpc) is 3.33. The molecular formula is C45H96F6. The molecule has 2 rings (SSSR count). The Hall–Kier alpha value is -0.420. The number of hydrogen-bond acceptors (Lipinski definition) is 0. The maximum absolute atomic E-state index is 11.5. The van der Waals surface area contributed by atoms with Gasteiger partial charge in [0.25, 0.3) is 0 Å². The first kappa shape index (κ1) is 46.7. The Bertz CT molecular complexity index is 853. The van der Waals surface area contributed by atoms with Crippen LogP contribution >= 0.6 is 0 Å². The van der Waals surface area contributed by atoms with Crippen molar-refractivity contribution < 1.29 is 35.9 Å². The van der Waals surface area contributed by atoms with Crippen LogP contribution in [0.1, 0.15) is 244 Å². The molecule has 0 N–H and O–H groups in total. The van der Waals surface area contributed by atoms with Gasteiger partial charge in [-0.2, -0.15) is 26.3 Å². The van der Waals surface area contributed by atoms with Crippen molar-refractivity contribution in [2.45, 2.75) is 247 Å². The molecule has 2 aliphatic carbocycles. The third-order valence-electron chi connectivity index (χ3n) is 7.05. The van der Waals surface area contributed by atoms with Gasteiger partial charge in [-0.3, -0.25) is 0 Å². The zero-order valence-corrected chi connectivity index (χ0v) is 37.7. The van der Waals surface area contributed by atoms with Gasteiger partial charge in [0.15, 0.2) is 0 Å². The molecule has 0 nitrogen and oxygen atoms in total. The largest absolute Gasteiger partial charge is 0.389 e. The minimum atomic E-state index is -3.98. The Kier molecular flexibility index (Phi) is 33.5. The van der Waals surface area contributed by atoms with Gasteiger partial charge in [0.1, 0.15) is 0 Å². The summed E-state index contributed by atoms with van der Waals surface area (Å²) in [5.41, 5.74) is 0.271. The van der Waals surface area contributed by atoms with Crippen LogP contribution in [-0.2, 0) is 0 Å². The molecule has 0 aromatic carbocycles. The van der Waals surface area contributed by atoms with E-state index in [0.29, 0.717) is 18.3 Å². The standard InChI is InChI=1S/C7H14.2C6H11F3.C6H12.C6H14.2C5H12.C4H10/c1-7-5-3-2-4-6-7;2*1-3-5(2)4-6(7,8)9;1-6-4-2-3-5-6;1-5-6(2,3)4;1-5(2,3)4;1-4-5(2)3;1-4(2)3/h7H,2-6H2,1H3;2*5H,3-4H2,1-2H3;6H,2-5H2,1H3;5H2,1-4H3;1-4H3;5H,4H2,1-3H3;4H,1-3H3/i7D;;;6D;5D2;;4D2;4D. The smallest absolute Gasteiger partial charge is 0.171 e. The van der Waals surface area contributed by atoms with Crippen LogP contribution in [0.25, 0.3) is 0 Å². The molecule has 318 valence electrons. The van der Waals surface area contributed by atoms with Gasteiger partial charge in [0, 0.05) is 22.4 Å². The van der Waals surface area contributed by atoms with Gasteiger partial charge in [0.05, 0.1) is 0 Å². The zero-order chi connectivity index (χ0) is 48.4. The lowest BCUT2D eigenvalue weighted by atomic mass is 9.91. The minimum Gasteiger partial charge on any atom is -0.171 e. The molecule has 2 saturated carbocycles. The second-order valence-corrected chi connectivity index (χ2v) is 17.8. The zero-order valence-electron chi connectivity index (χ0n) is 44.7. The molecule has 6 heteroatoms. The molecule has 0 heterocycles. The summed E-state index contributed by atoms with van der Waals surface area (Å²) in [6, 6.07) is 0. The average molecular weight is 758 g/mol. The Morgan fingerprint density at radius 2 is 0.765 bits per heavy atom. The molecule has 2 unspecified atom stereocenters. The van der Waals surface area contributed by atoms with Crippen LogP contribution in [0.2, 0.25) is 0 Å². The van der Waals surface area contributed by atoms with Crippen LogP contribution in [0.3, 0.4) is 0 Å². The fraction of sp³-hybridized carbons (Fsp3) is 1.00. The number of halogens is 6. The van der Waals surface area contributed by atoms with Crippen molar-refractivity contribution in [1.82, 2.24) is 0 Å². The summed E-state index contributed by atoms with van der Waals surface area (Å²) in [6.45, 7) is 37.8. The maximum Gasteiger partial charge on any atom is 0.389 e. The van der Waals surface area contributed by atoms with Crippen LogP contribution in [-0.4, -0.2) is 12.4 Å². The fourth-order valence-electron chi connectivity index (χ4n) is 3.21. The third-order valence-corrected chi connectivity index (χ3v) is 7.05. The van der Waals surface area contributed by atoms with E-state index >= 15 is 0 Å². The maximum atomic E-state index is 11.5. The molecular weight excluding hydrogens is 654 g/mol. The number of alkyl halides is 6. The molecule has 0 amide bonds. The third kappa shape index (κ3) is 99.5. The van der Waals surface area contributed by atoms with Gasteiger partial charge < -0.3 is 0 Å². The highest BCUT2D eigenvalue weighted by atomic mass is 19.4. The van der Waals surface area contributed by atoms with Gasteiger partial charge in [-0.15, -0.1) is 0 Å². The fourth-order valence-corrected chi connectivity index (χ4v) is 3.21. The molecule has 0 spiro atoms.